The van der Waals surface area contributed by atoms with E-state index in [9.17, 15) is 4.79 Å². The molecule has 0 saturated carbocycles. The van der Waals surface area contributed by atoms with Crippen molar-refractivity contribution in [2.24, 2.45) is 5.92 Å². The van der Waals surface area contributed by atoms with Gasteiger partial charge in [-0.3, -0.25) is 4.79 Å². The van der Waals surface area contributed by atoms with E-state index in [0.29, 0.717) is 18.4 Å². The van der Waals surface area contributed by atoms with Gasteiger partial charge in [-0.25, -0.2) is 0 Å². The molecule has 0 fully saturated rings. The van der Waals surface area contributed by atoms with Crippen molar-refractivity contribution < 1.29 is 9.53 Å². The van der Waals surface area contributed by atoms with Crippen LogP contribution in [0.1, 0.15) is 53.9 Å². The van der Waals surface area contributed by atoms with Crippen molar-refractivity contribution in [3.8, 4) is 0 Å². The van der Waals surface area contributed by atoms with Crippen LogP contribution in [0.2, 0.25) is 0 Å². The van der Waals surface area contributed by atoms with E-state index in [2.05, 4.69) is 33.0 Å². The second-order valence-corrected chi connectivity index (χ2v) is 5.14. The van der Waals surface area contributed by atoms with Crippen LogP contribution in [0.5, 0.6) is 0 Å². The summed E-state index contributed by atoms with van der Waals surface area (Å²) in [5.74, 6) is 0.504. The first-order valence-electron chi connectivity index (χ1n) is 6.34. The largest absolute Gasteiger partial charge is 0.463 e. The Morgan fingerprint density at radius 2 is 1.81 bits per heavy atom. The van der Waals surface area contributed by atoms with Crippen molar-refractivity contribution in [1.29, 1.82) is 0 Å². The lowest BCUT2D eigenvalue weighted by atomic mass is 10.1. The van der Waals surface area contributed by atoms with Gasteiger partial charge in [0.05, 0.1) is 6.10 Å². The topological polar surface area (TPSA) is 38.3 Å². The highest BCUT2D eigenvalue weighted by atomic mass is 16.5. The lowest BCUT2D eigenvalue weighted by Gasteiger charge is -2.15. The highest BCUT2D eigenvalue weighted by molar-refractivity contribution is 5.69. The number of hydrogen-bond acceptors (Lipinski definition) is 3. The minimum Gasteiger partial charge on any atom is -0.463 e. The van der Waals surface area contributed by atoms with Gasteiger partial charge in [-0.05, 0) is 32.2 Å². The second-order valence-electron chi connectivity index (χ2n) is 5.14. The molecule has 0 spiro atoms. The molecule has 0 aromatic rings. The van der Waals surface area contributed by atoms with Gasteiger partial charge in [-0.15, -0.1) is 0 Å². The minimum atomic E-state index is -0.0706. The summed E-state index contributed by atoms with van der Waals surface area (Å²) < 4.78 is 5.30. The van der Waals surface area contributed by atoms with Crippen LogP contribution >= 0.6 is 0 Å². The van der Waals surface area contributed by atoms with Gasteiger partial charge in [0.2, 0.25) is 0 Å². The molecule has 3 nitrogen and oxygen atoms in total. The average Bonchev–Trinajstić information content (AvgIpc) is 2.10. The summed E-state index contributed by atoms with van der Waals surface area (Å²) in [7, 11) is 0. The Hall–Kier alpha value is -0.570. The smallest absolute Gasteiger partial charge is 0.306 e. The molecular formula is C13H27NO2. The number of nitrogens with one attached hydrogen (secondary N) is 1. The lowest BCUT2D eigenvalue weighted by Crippen LogP contribution is -2.24. The van der Waals surface area contributed by atoms with Crippen LogP contribution < -0.4 is 5.32 Å². The number of hydrogen-bond donors (Lipinski definition) is 1. The first kappa shape index (κ1) is 15.4. The van der Waals surface area contributed by atoms with E-state index in [1.165, 1.54) is 0 Å². The molecule has 0 amide bonds. The third-order valence-electron chi connectivity index (χ3n) is 2.25. The molecule has 0 radical (unpaired) electrons. The predicted octanol–water partition coefficient (Wildman–Crippen LogP) is 2.74. The van der Waals surface area contributed by atoms with E-state index < -0.39 is 0 Å². The lowest BCUT2D eigenvalue weighted by molar-refractivity contribution is -0.148. The molecule has 0 aliphatic heterocycles. The molecule has 0 rings (SSSR count). The molecular weight excluding hydrogens is 202 g/mol. The summed E-state index contributed by atoms with van der Waals surface area (Å²) in [6.45, 7) is 11.3. The minimum absolute atomic E-state index is 0.0468. The molecule has 96 valence electrons. The van der Waals surface area contributed by atoms with Gasteiger partial charge in [0.15, 0.2) is 0 Å². The number of esters is 1. The molecule has 0 aromatic carbocycles. The average molecular weight is 229 g/mol. The fourth-order valence-electron chi connectivity index (χ4n) is 1.62. The molecule has 0 saturated heterocycles. The van der Waals surface area contributed by atoms with Gasteiger partial charge in [-0.2, -0.15) is 0 Å². The van der Waals surface area contributed by atoms with Gasteiger partial charge in [0, 0.05) is 12.5 Å². The molecule has 1 unspecified atom stereocenters. The fourth-order valence-corrected chi connectivity index (χ4v) is 1.62. The van der Waals surface area contributed by atoms with Crippen LogP contribution in [0.4, 0.5) is 0 Å². The molecule has 3 heteroatoms. The maximum absolute atomic E-state index is 11.4. The predicted molar refractivity (Wildman–Crippen MR) is 67.4 cm³/mol. The zero-order valence-corrected chi connectivity index (χ0v) is 11.4. The molecule has 0 aliphatic carbocycles. The Morgan fingerprint density at radius 3 is 2.31 bits per heavy atom. The van der Waals surface area contributed by atoms with Crippen LogP contribution in [0.3, 0.4) is 0 Å². The second kappa shape index (κ2) is 8.57. The number of ether oxygens (including phenoxy) is 1. The van der Waals surface area contributed by atoms with Crippen molar-refractivity contribution in [1.82, 2.24) is 5.32 Å². The van der Waals surface area contributed by atoms with E-state index in [1.54, 1.807) is 0 Å². The summed E-state index contributed by atoms with van der Waals surface area (Å²) in [6, 6.07) is 0.482. The van der Waals surface area contributed by atoms with Crippen LogP contribution in [0, 0.1) is 5.92 Å². The maximum Gasteiger partial charge on any atom is 0.306 e. The Morgan fingerprint density at radius 1 is 1.19 bits per heavy atom. The summed E-state index contributed by atoms with van der Waals surface area (Å²) in [5, 5.41) is 3.28. The molecule has 16 heavy (non-hydrogen) atoms. The van der Waals surface area contributed by atoms with Gasteiger partial charge in [0.1, 0.15) is 0 Å². The Bertz CT molecular complexity index is 190. The molecule has 0 bridgehead atoms. The van der Waals surface area contributed by atoms with Crippen LogP contribution in [-0.2, 0) is 9.53 Å². The van der Waals surface area contributed by atoms with Crippen LogP contribution in [-0.4, -0.2) is 24.7 Å². The van der Waals surface area contributed by atoms with E-state index in [1.807, 2.05) is 6.92 Å². The van der Waals surface area contributed by atoms with Gasteiger partial charge < -0.3 is 10.1 Å². The van der Waals surface area contributed by atoms with Crippen molar-refractivity contribution in [2.45, 2.75) is 66.0 Å². The first-order chi connectivity index (χ1) is 7.41. The van der Waals surface area contributed by atoms with E-state index in [0.717, 1.165) is 19.4 Å². The monoisotopic (exact) mass is 229 g/mol. The Balaban J connectivity index is 3.51. The summed E-state index contributed by atoms with van der Waals surface area (Å²) >= 11 is 0. The Labute approximate surface area is 99.9 Å². The zero-order valence-electron chi connectivity index (χ0n) is 11.4. The van der Waals surface area contributed by atoms with Gasteiger partial charge in [-0.1, -0.05) is 27.7 Å². The van der Waals surface area contributed by atoms with Crippen molar-refractivity contribution in [3.63, 3.8) is 0 Å². The summed E-state index contributed by atoms with van der Waals surface area (Å²) in [6.07, 6.45) is 2.36. The van der Waals surface area contributed by atoms with E-state index in [4.69, 9.17) is 4.74 Å². The quantitative estimate of drug-likeness (QED) is 0.514. The molecule has 1 atom stereocenters. The number of carbonyl (C=O) groups excluding carboxylic acids is 1. The highest BCUT2D eigenvalue weighted by Crippen LogP contribution is 2.08. The summed E-state index contributed by atoms with van der Waals surface area (Å²) in [4.78, 5) is 11.4. The molecule has 0 heterocycles. The van der Waals surface area contributed by atoms with E-state index in [-0.39, 0.29) is 12.1 Å². The van der Waals surface area contributed by atoms with Crippen molar-refractivity contribution in [3.05, 3.63) is 0 Å². The van der Waals surface area contributed by atoms with Crippen LogP contribution in [0.25, 0.3) is 0 Å². The van der Waals surface area contributed by atoms with Crippen molar-refractivity contribution in [2.75, 3.05) is 6.54 Å². The molecule has 0 aliphatic rings. The van der Waals surface area contributed by atoms with Crippen molar-refractivity contribution >= 4 is 5.97 Å². The summed E-state index contributed by atoms with van der Waals surface area (Å²) in [5.41, 5.74) is 0. The zero-order chi connectivity index (χ0) is 12.6. The fraction of sp³-hybridized carbons (Fsp3) is 0.923. The SMILES string of the molecule is CC(C)CC(C)OC(=O)CCCNC(C)C. The molecule has 1 N–H and O–H groups in total. The number of carbonyl (C=O) groups is 1. The highest BCUT2D eigenvalue weighted by Gasteiger charge is 2.10. The number of rotatable bonds is 8. The van der Waals surface area contributed by atoms with Gasteiger partial charge >= 0.3 is 5.97 Å². The van der Waals surface area contributed by atoms with E-state index >= 15 is 0 Å². The normalized spacial score (nSPS) is 13.2. The third kappa shape index (κ3) is 9.97. The van der Waals surface area contributed by atoms with Crippen LogP contribution in [0.15, 0.2) is 0 Å². The third-order valence-corrected chi connectivity index (χ3v) is 2.25. The Kier molecular flexibility index (Phi) is 8.26. The maximum atomic E-state index is 11.4. The standard InChI is InChI=1S/C13H27NO2/c1-10(2)9-12(5)16-13(15)7-6-8-14-11(3)4/h10-12,14H,6-9H2,1-5H3. The van der Waals surface area contributed by atoms with Gasteiger partial charge in [0.25, 0.3) is 0 Å². The molecule has 0 aromatic heterocycles. The first-order valence-corrected chi connectivity index (χ1v) is 6.34.